The average Bonchev–Trinajstić information content (AvgIpc) is 2.98. The van der Waals surface area contributed by atoms with Crippen molar-refractivity contribution in [1.82, 2.24) is 19.7 Å². The first kappa shape index (κ1) is 16.3. The maximum absolute atomic E-state index is 12.2. The summed E-state index contributed by atoms with van der Waals surface area (Å²) in [4.78, 5) is 30.9. The van der Waals surface area contributed by atoms with Gasteiger partial charge in [0.2, 0.25) is 0 Å². The van der Waals surface area contributed by atoms with E-state index in [0.29, 0.717) is 22.7 Å². The van der Waals surface area contributed by atoms with E-state index in [-0.39, 0.29) is 11.5 Å². The van der Waals surface area contributed by atoms with Crippen LogP contribution in [0.3, 0.4) is 0 Å². The standard InChI is InChI=1S/C16H16N4O3S/c1-10(15(22)23-2)24-16-18-13-12(14(21)19-16)8-17-20(13)9-11-6-4-3-5-7-11/h3-8,10H,9H2,1-2H3,(H,18,19,21)/t10-/m1/s1. The highest BCUT2D eigenvalue weighted by atomic mass is 32.2. The van der Waals surface area contributed by atoms with E-state index < -0.39 is 5.25 Å². The van der Waals surface area contributed by atoms with Crippen LogP contribution in [0.5, 0.6) is 0 Å². The van der Waals surface area contributed by atoms with Gasteiger partial charge in [0, 0.05) is 0 Å². The Morgan fingerprint density at radius 2 is 2.12 bits per heavy atom. The fourth-order valence-electron chi connectivity index (χ4n) is 2.25. The number of nitrogens with zero attached hydrogens (tertiary/aromatic N) is 3. The zero-order chi connectivity index (χ0) is 17.1. The minimum atomic E-state index is -0.471. The van der Waals surface area contributed by atoms with Crippen LogP contribution >= 0.6 is 11.8 Å². The summed E-state index contributed by atoms with van der Waals surface area (Å²) in [6.45, 7) is 2.21. The number of ether oxygens (including phenoxy) is 1. The molecular formula is C16H16N4O3S. The number of H-pyrrole nitrogens is 1. The summed E-state index contributed by atoms with van der Waals surface area (Å²) in [7, 11) is 1.33. The Kier molecular flexibility index (Phi) is 4.66. The second kappa shape index (κ2) is 6.88. The summed E-state index contributed by atoms with van der Waals surface area (Å²) in [6.07, 6.45) is 1.50. The molecule has 2 aromatic heterocycles. The van der Waals surface area contributed by atoms with Gasteiger partial charge in [-0.05, 0) is 12.5 Å². The fourth-order valence-corrected chi connectivity index (χ4v) is 3.07. The van der Waals surface area contributed by atoms with Gasteiger partial charge >= 0.3 is 5.97 Å². The molecule has 2 heterocycles. The van der Waals surface area contributed by atoms with Gasteiger partial charge in [0.15, 0.2) is 10.8 Å². The molecule has 24 heavy (non-hydrogen) atoms. The number of benzene rings is 1. The second-order valence-corrected chi connectivity index (χ2v) is 6.51. The summed E-state index contributed by atoms with van der Waals surface area (Å²) in [6, 6.07) is 9.79. The first-order chi connectivity index (χ1) is 11.6. The van der Waals surface area contributed by atoms with E-state index >= 15 is 0 Å². The molecule has 0 bridgehead atoms. The molecule has 0 saturated heterocycles. The number of hydrogen-bond acceptors (Lipinski definition) is 6. The highest BCUT2D eigenvalue weighted by Crippen LogP contribution is 2.21. The van der Waals surface area contributed by atoms with Crippen LogP contribution in [0.4, 0.5) is 0 Å². The van der Waals surface area contributed by atoms with Crippen molar-refractivity contribution in [1.29, 1.82) is 0 Å². The second-order valence-electron chi connectivity index (χ2n) is 5.18. The van der Waals surface area contributed by atoms with E-state index in [0.717, 1.165) is 17.3 Å². The lowest BCUT2D eigenvalue weighted by atomic mass is 10.2. The molecular weight excluding hydrogens is 328 g/mol. The Hall–Kier alpha value is -2.61. The van der Waals surface area contributed by atoms with Crippen molar-refractivity contribution in [2.45, 2.75) is 23.9 Å². The average molecular weight is 344 g/mol. The Labute approximate surface area is 142 Å². The van der Waals surface area contributed by atoms with Crippen LogP contribution in [0.2, 0.25) is 0 Å². The number of methoxy groups -OCH3 is 1. The van der Waals surface area contributed by atoms with Crippen molar-refractivity contribution in [2.24, 2.45) is 0 Å². The van der Waals surface area contributed by atoms with E-state index in [1.54, 1.807) is 11.6 Å². The monoisotopic (exact) mass is 344 g/mol. The first-order valence-corrected chi connectivity index (χ1v) is 8.20. The number of rotatable bonds is 5. The van der Waals surface area contributed by atoms with Gasteiger partial charge in [-0.3, -0.25) is 9.59 Å². The summed E-state index contributed by atoms with van der Waals surface area (Å²) in [5.41, 5.74) is 1.27. The number of thioether (sulfide) groups is 1. The van der Waals surface area contributed by atoms with Crippen molar-refractivity contribution >= 4 is 28.8 Å². The lowest BCUT2D eigenvalue weighted by molar-refractivity contribution is -0.139. The maximum Gasteiger partial charge on any atom is 0.318 e. The maximum atomic E-state index is 12.2. The van der Waals surface area contributed by atoms with E-state index in [9.17, 15) is 9.59 Å². The van der Waals surface area contributed by atoms with Gasteiger partial charge in [-0.15, -0.1) is 0 Å². The minimum absolute atomic E-state index is 0.279. The molecule has 0 radical (unpaired) electrons. The lowest BCUT2D eigenvalue weighted by Gasteiger charge is -2.08. The first-order valence-electron chi connectivity index (χ1n) is 7.32. The van der Waals surface area contributed by atoms with Crippen molar-refractivity contribution in [3.63, 3.8) is 0 Å². The number of hydrogen-bond donors (Lipinski definition) is 1. The highest BCUT2D eigenvalue weighted by Gasteiger charge is 2.18. The molecule has 1 N–H and O–H groups in total. The summed E-state index contributed by atoms with van der Waals surface area (Å²) < 4.78 is 6.37. The molecule has 124 valence electrons. The molecule has 0 aliphatic heterocycles. The van der Waals surface area contributed by atoms with E-state index in [2.05, 4.69) is 15.1 Å². The Bertz CT molecular complexity index is 920. The summed E-state index contributed by atoms with van der Waals surface area (Å²) >= 11 is 1.14. The Balaban J connectivity index is 1.95. The third-order valence-electron chi connectivity index (χ3n) is 3.48. The molecule has 0 amide bonds. The van der Waals surface area contributed by atoms with Crippen LogP contribution in [0, 0.1) is 0 Å². The molecule has 1 aromatic carbocycles. The van der Waals surface area contributed by atoms with Crippen LogP contribution in [0.15, 0.2) is 46.5 Å². The summed E-state index contributed by atoms with van der Waals surface area (Å²) in [5, 5.41) is 4.56. The van der Waals surface area contributed by atoms with Crippen LogP contribution < -0.4 is 5.56 Å². The number of nitrogens with one attached hydrogen (secondary N) is 1. The zero-order valence-corrected chi connectivity index (χ0v) is 14.0. The number of aromatic nitrogens is 4. The van der Waals surface area contributed by atoms with Crippen LogP contribution in [0.1, 0.15) is 12.5 Å². The molecule has 0 aliphatic carbocycles. The molecule has 0 spiro atoms. The lowest BCUT2D eigenvalue weighted by Crippen LogP contribution is -2.17. The van der Waals surface area contributed by atoms with Crippen LogP contribution in [-0.4, -0.2) is 38.1 Å². The Morgan fingerprint density at radius 1 is 1.38 bits per heavy atom. The predicted octanol–water partition coefficient (Wildman–Crippen LogP) is 1.82. The van der Waals surface area contributed by atoms with Crippen LogP contribution in [-0.2, 0) is 16.1 Å². The van der Waals surface area contributed by atoms with Gasteiger partial charge in [0.1, 0.15) is 10.6 Å². The molecule has 0 saturated carbocycles. The smallest absolute Gasteiger partial charge is 0.318 e. The van der Waals surface area contributed by atoms with Gasteiger partial charge in [0.05, 0.1) is 19.9 Å². The predicted molar refractivity (Wildman–Crippen MR) is 91.0 cm³/mol. The van der Waals surface area contributed by atoms with Crippen molar-refractivity contribution in [3.8, 4) is 0 Å². The number of esters is 1. The van der Waals surface area contributed by atoms with E-state index in [4.69, 9.17) is 4.74 Å². The van der Waals surface area contributed by atoms with Crippen molar-refractivity contribution < 1.29 is 9.53 Å². The number of carbonyl (C=O) groups is 1. The normalized spacial score (nSPS) is 12.2. The molecule has 8 heteroatoms. The molecule has 0 unspecified atom stereocenters. The van der Waals surface area contributed by atoms with E-state index in [1.165, 1.54) is 13.3 Å². The Morgan fingerprint density at radius 3 is 2.83 bits per heavy atom. The third-order valence-corrected chi connectivity index (χ3v) is 4.44. The van der Waals surface area contributed by atoms with Gasteiger partial charge in [-0.1, -0.05) is 42.1 Å². The number of fused-ring (bicyclic) bond motifs is 1. The quantitative estimate of drug-likeness (QED) is 0.431. The number of carbonyl (C=O) groups excluding carboxylic acids is 1. The van der Waals surface area contributed by atoms with Gasteiger partial charge in [-0.2, -0.15) is 5.10 Å². The molecule has 0 fully saturated rings. The van der Waals surface area contributed by atoms with Crippen LogP contribution in [0.25, 0.3) is 11.0 Å². The molecule has 1 atom stereocenters. The van der Waals surface area contributed by atoms with E-state index in [1.807, 2.05) is 30.3 Å². The molecule has 0 aliphatic rings. The highest BCUT2D eigenvalue weighted by molar-refractivity contribution is 8.00. The molecule has 3 rings (SSSR count). The topological polar surface area (TPSA) is 89.9 Å². The fraction of sp³-hybridized carbons (Fsp3) is 0.250. The molecule has 7 nitrogen and oxygen atoms in total. The number of aromatic amines is 1. The van der Waals surface area contributed by atoms with Gasteiger partial charge < -0.3 is 9.72 Å². The minimum Gasteiger partial charge on any atom is -0.468 e. The van der Waals surface area contributed by atoms with Crippen molar-refractivity contribution in [2.75, 3.05) is 7.11 Å². The van der Waals surface area contributed by atoms with Gasteiger partial charge in [0.25, 0.3) is 5.56 Å². The zero-order valence-electron chi connectivity index (χ0n) is 13.2. The largest absolute Gasteiger partial charge is 0.468 e. The van der Waals surface area contributed by atoms with Crippen molar-refractivity contribution in [3.05, 3.63) is 52.4 Å². The van der Waals surface area contributed by atoms with Gasteiger partial charge in [-0.25, -0.2) is 9.67 Å². The SMILES string of the molecule is COC(=O)[C@@H](C)Sc1nc2c(cnn2Cc2ccccc2)c(=O)[nH]1. The third kappa shape index (κ3) is 3.33. The molecule has 3 aromatic rings. The summed E-state index contributed by atoms with van der Waals surface area (Å²) in [5.74, 6) is -0.375.